The molecule has 1 fully saturated rings. The van der Waals surface area contributed by atoms with E-state index in [1.807, 2.05) is 0 Å². The number of benzene rings is 2. The molecule has 1 aliphatic rings. The highest BCUT2D eigenvalue weighted by Crippen LogP contribution is 2.36. The molecule has 1 aliphatic heterocycles. The SMILES string of the molecule is O=C(O)CC1CC(c2ccc(C(F)(F)F)cc2)CN(Cc2ccc(C(F)(F)F)c(F)c2)C1. The Morgan fingerprint density at radius 3 is 2.16 bits per heavy atom. The minimum absolute atomic E-state index is 0.0856. The minimum Gasteiger partial charge on any atom is -0.481 e. The summed E-state index contributed by atoms with van der Waals surface area (Å²) in [6.45, 7) is 0.762. The van der Waals surface area contributed by atoms with Crippen molar-refractivity contribution in [3.05, 3.63) is 70.5 Å². The molecule has 2 atom stereocenters. The molecular weight excluding hydrogens is 443 g/mol. The molecule has 174 valence electrons. The smallest absolute Gasteiger partial charge is 0.419 e. The monoisotopic (exact) mass is 463 g/mol. The van der Waals surface area contributed by atoms with Crippen LogP contribution in [0.2, 0.25) is 0 Å². The van der Waals surface area contributed by atoms with Crippen LogP contribution >= 0.6 is 0 Å². The molecule has 3 nitrogen and oxygen atoms in total. The van der Waals surface area contributed by atoms with Crippen molar-refractivity contribution in [3.63, 3.8) is 0 Å². The fourth-order valence-electron chi connectivity index (χ4n) is 4.16. The van der Waals surface area contributed by atoms with Gasteiger partial charge < -0.3 is 5.11 Å². The number of halogens is 7. The summed E-state index contributed by atoms with van der Waals surface area (Å²) in [7, 11) is 0. The Kier molecular flexibility index (Phi) is 6.83. The van der Waals surface area contributed by atoms with Crippen LogP contribution in [0.25, 0.3) is 0 Å². The van der Waals surface area contributed by atoms with E-state index >= 15 is 0 Å². The first-order valence-corrected chi connectivity index (χ1v) is 9.80. The van der Waals surface area contributed by atoms with Crippen LogP contribution in [-0.2, 0) is 23.7 Å². The van der Waals surface area contributed by atoms with E-state index in [0.717, 1.165) is 18.2 Å². The first kappa shape index (κ1) is 24.0. The van der Waals surface area contributed by atoms with Crippen molar-refractivity contribution in [1.29, 1.82) is 0 Å². The van der Waals surface area contributed by atoms with Crippen LogP contribution in [0.3, 0.4) is 0 Å². The molecule has 0 aliphatic carbocycles. The van der Waals surface area contributed by atoms with Gasteiger partial charge in [-0.25, -0.2) is 4.39 Å². The topological polar surface area (TPSA) is 40.5 Å². The maximum atomic E-state index is 13.9. The minimum atomic E-state index is -4.81. The molecule has 3 rings (SSSR count). The second kappa shape index (κ2) is 9.09. The van der Waals surface area contributed by atoms with Crippen molar-refractivity contribution >= 4 is 5.97 Å². The Bertz CT molecular complexity index is 954. The van der Waals surface area contributed by atoms with E-state index in [2.05, 4.69) is 0 Å². The van der Waals surface area contributed by atoms with Gasteiger partial charge in [-0.3, -0.25) is 9.69 Å². The normalized spacial score (nSPS) is 20.3. The Morgan fingerprint density at radius 1 is 0.969 bits per heavy atom. The molecule has 0 amide bonds. The highest BCUT2D eigenvalue weighted by Gasteiger charge is 2.35. The lowest BCUT2D eigenvalue weighted by molar-refractivity contribution is -0.140. The zero-order chi connectivity index (χ0) is 23.7. The first-order valence-electron chi connectivity index (χ1n) is 9.80. The number of aliphatic carboxylic acids is 1. The third-order valence-electron chi connectivity index (χ3n) is 5.53. The molecule has 10 heteroatoms. The number of piperidine rings is 1. The van der Waals surface area contributed by atoms with Gasteiger partial charge in [0.2, 0.25) is 0 Å². The van der Waals surface area contributed by atoms with Gasteiger partial charge in [0.25, 0.3) is 0 Å². The highest BCUT2D eigenvalue weighted by atomic mass is 19.4. The summed E-state index contributed by atoms with van der Waals surface area (Å²) >= 11 is 0. The second-order valence-electron chi connectivity index (χ2n) is 8.02. The summed E-state index contributed by atoms with van der Waals surface area (Å²) in [5.74, 6) is -3.00. The predicted octanol–water partition coefficient (Wildman–Crippen LogP) is 5.94. The van der Waals surface area contributed by atoms with Gasteiger partial charge in [-0.1, -0.05) is 18.2 Å². The summed E-state index contributed by atoms with van der Waals surface area (Å²) in [5, 5.41) is 9.17. The molecule has 2 aromatic rings. The standard InChI is InChI=1S/C22H20F7NO2/c23-19-8-13(1-6-18(19)22(27,28)29)10-30-11-14(9-20(31)32)7-16(12-30)15-2-4-17(5-3-15)21(24,25)26/h1-6,8,14,16H,7,9-12H2,(H,31,32). The number of nitrogens with zero attached hydrogens (tertiary/aromatic N) is 1. The maximum Gasteiger partial charge on any atom is 0.419 e. The van der Waals surface area contributed by atoms with Gasteiger partial charge in [0.05, 0.1) is 11.1 Å². The van der Waals surface area contributed by atoms with E-state index in [9.17, 15) is 35.5 Å². The first-order chi connectivity index (χ1) is 14.8. The molecule has 0 spiro atoms. The highest BCUT2D eigenvalue weighted by molar-refractivity contribution is 5.67. The van der Waals surface area contributed by atoms with Crippen molar-refractivity contribution in [2.45, 2.75) is 37.7 Å². The van der Waals surface area contributed by atoms with Crippen molar-refractivity contribution in [3.8, 4) is 0 Å². The fraction of sp³-hybridized carbons (Fsp3) is 0.409. The average molecular weight is 463 g/mol. The number of carboxylic acid groups (broad SMARTS) is 1. The van der Waals surface area contributed by atoms with E-state index in [1.165, 1.54) is 18.2 Å². The molecule has 32 heavy (non-hydrogen) atoms. The van der Waals surface area contributed by atoms with Gasteiger partial charge in [-0.15, -0.1) is 0 Å². The zero-order valence-electron chi connectivity index (χ0n) is 16.7. The number of alkyl halides is 6. The van der Waals surface area contributed by atoms with Crippen LogP contribution in [0, 0.1) is 11.7 Å². The van der Waals surface area contributed by atoms with Crippen LogP contribution in [-0.4, -0.2) is 29.1 Å². The molecule has 2 unspecified atom stereocenters. The number of carbonyl (C=O) groups is 1. The van der Waals surface area contributed by atoms with Gasteiger partial charge in [-0.2, -0.15) is 26.3 Å². The van der Waals surface area contributed by atoms with E-state index in [0.29, 0.717) is 31.1 Å². The van der Waals surface area contributed by atoms with Crippen molar-refractivity contribution < 1.29 is 40.6 Å². The van der Waals surface area contributed by atoms with Crippen LogP contribution in [0.15, 0.2) is 42.5 Å². The summed E-state index contributed by atoms with van der Waals surface area (Å²) in [4.78, 5) is 13.0. The van der Waals surface area contributed by atoms with E-state index < -0.39 is 35.3 Å². The Labute approximate surface area is 179 Å². The lowest BCUT2D eigenvalue weighted by Gasteiger charge is -2.38. The molecule has 0 radical (unpaired) electrons. The number of hydrogen-bond donors (Lipinski definition) is 1. The van der Waals surface area contributed by atoms with Crippen molar-refractivity contribution in [2.24, 2.45) is 5.92 Å². The summed E-state index contributed by atoms with van der Waals surface area (Å²) in [5.41, 5.74) is -1.27. The van der Waals surface area contributed by atoms with E-state index in [1.54, 1.807) is 4.90 Å². The number of likely N-dealkylation sites (tertiary alicyclic amines) is 1. The summed E-state index contributed by atoms with van der Waals surface area (Å²) in [6.07, 6.45) is -9.01. The molecular formula is C22H20F7NO2. The van der Waals surface area contributed by atoms with Crippen LogP contribution < -0.4 is 0 Å². The Morgan fingerprint density at radius 2 is 1.62 bits per heavy atom. The quantitative estimate of drug-likeness (QED) is 0.558. The van der Waals surface area contributed by atoms with Crippen molar-refractivity contribution in [1.82, 2.24) is 4.90 Å². The van der Waals surface area contributed by atoms with Crippen LogP contribution in [0.5, 0.6) is 0 Å². The number of hydrogen-bond acceptors (Lipinski definition) is 2. The molecule has 0 saturated carbocycles. The summed E-state index contributed by atoms with van der Waals surface area (Å²) in [6, 6.07) is 7.27. The maximum absolute atomic E-state index is 13.9. The zero-order valence-corrected chi connectivity index (χ0v) is 16.7. The molecule has 0 bridgehead atoms. The lowest BCUT2D eigenvalue weighted by Crippen LogP contribution is -2.39. The van der Waals surface area contributed by atoms with E-state index in [4.69, 9.17) is 5.11 Å². The summed E-state index contributed by atoms with van der Waals surface area (Å²) < 4.78 is 90.7. The van der Waals surface area contributed by atoms with Crippen LogP contribution in [0.1, 0.15) is 41.0 Å². The lowest BCUT2D eigenvalue weighted by atomic mass is 9.82. The Balaban J connectivity index is 1.80. The predicted molar refractivity (Wildman–Crippen MR) is 101 cm³/mol. The van der Waals surface area contributed by atoms with Gasteiger partial charge in [0.15, 0.2) is 0 Å². The van der Waals surface area contributed by atoms with Gasteiger partial charge in [0, 0.05) is 26.1 Å². The molecule has 1 N–H and O–H groups in total. The third-order valence-corrected chi connectivity index (χ3v) is 5.53. The van der Waals surface area contributed by atoms with Gasteiger partial charge in [-0.05, 0) is 53.6 Å². The second-order valence-corrected chi connectivity index (χ2v) is 8.02. The molecule has 1 heterocycles. The van der Waals surface area contributed by atoms with E-state index in [-0.39, 0.29) is 30.4 Å². The third kappa shape index (κ3) is 5.99. The van der Waals surface area contributed by atoms with Gasteiger partial charge in [0.1, 0.15) is 5.82 Å². The Hall–Kier alpha value is -2.62. The van der Waals surface area contributed by atoms with Crippen molar-refractivity contribution in [2.75, 3.05) is 13.1 Å². The molecule has 1 saturated heterocycles. The largest absolute Gasteiger partial charge is 0.481 e. The number of rotatable bonds is 5. The number of carboxylic acids is 1. The average Bonchev–Trinajstić information content (AvgIpc) is 2.65. The van der Waals surface area contributed by atoms with Gasteiger partial charge >= 0.3 is 18.3 Å². The fourth-order valence-corrected chi connectivity index (χ4v) is 4.16. The molecule has 0 aromatic heterocycles. The van der Waals surface area contributed by atoms with Crippen LogP contribution in [0.4, 0.5) is 30.7 Å². The molecule has 2 aromatic carbocycles.